The molecule has 186 valence electrons. The SMILES string of the molecule is O=C1COc2ccc(S(=O)(=O)N3CCC(C(=O)NCCN4CCc5ccccc5C4)CC3)cc2N1. The van der Waals surface area contributed by atoms with Gasteiger partial charge in [0, 0.05) is 45.2 Å². The quantitative estimate of drug-likeness (QED) is 0.626. The molecule has 0 aliphatic carbocycles. The minimum atomic E-state index is -3.73. The molecule has 0 radical (unpaired) electrons. The standard InChI is InChI=1S/C25H30N4O5S/c30-24-17-34-23-6-5-21(15-22(23)27-24)35(32,33)29-12-8-19(9-13-29)25(31)26-10-14-28-11-7-18-3-1-2-4-20(18)16-28/h1-6,15,19H,7-14,16-17H2,(H,26,31)(H,27,30). The molecular formula is C25H30N4O5S. The van der Waals surface area contributed by atoms with Crippen molar-refractivity contribution in [3.8, 4) is 5.75 Å². The average Bonchev–Trinajstić information content (AvgIpc) is 2.88. The van der Waals surface area contributed by atoms with Gasteiger partial charge in [-0.15, -0.1) is 0 Å². The summed E-state index contributed by atoms with van der Waals surface area (Å²) >= 11 is 0. The van der Waals surface area contributed by atoms with Crippen LogP contribution in [0.3, 0.4) is 0 Å². The molecule has 10 heteroatoms. The summed E-state index contributed by atoms with van der Waals surface area (Å²) in [7, 11) is -3.73. The van der Waals surface area contributed by atoms with Crippen LogP contribution in [-0.2, 0) is 32.6 Å². The first-order valence-corrected chi connectivity index (χ1v) is 13.5. The fourth-order valence-electron chi connectivity index (χ4n) is 4.96. The molecule has 0 aromatic heterocycles. The fourth-order valence-corrected chi connectivity index (χ4v) is 6.45. The lowest BCUT2D eigenvalue weighted by Crippen LogP contribution is -2.44. The number of nitrogens with one attached hydrogen (secondary N) is 2. The predicted molar refractivity (Wildman–Crippen MR) is 130 cm³/mol. The second-order valence-electron chi connectivity index (χ2n) is 9.26. The summed E-state index contributed by atoms with van der Waals surface area (Å²) in [6, 6.07) is 13.0. The van der Waals surface area contributed by atoms with Crippen LogP contribution in [0.15, 0.2) is 47.4 Å². The minimum absolute atomic E-state index is 0.00639. The Bertz CT molecular complexity index is 1220. The number of rotatable bonds is 6. The molecule has 1 fully saturated rings. The van der Waals surface area contributed by atoms with Gasteiger partial charge in [0.05, 0.1) is 10.6 Å². The summed E-state index contributed by atoms with van der Waals surface area (Å²) in [4.78, 5) is 26.7. The number of ether oxygens (including phenoxy) is 1. The van der Waals surface area contributed by atoms with Crippen molar-refractivity contribution in [2.24, 2.45) is 5.92 Å². The average molecular weight is 499 g/mol. The Labute approximate surface area is 205 Å². The molecule has 0 saturated carbocycles. The van der Waals surface area contributed by atoms with Crippen LogP contribution in [0.1, 0.15) is 24.0 Å². The zero-order valence-corrected chi connectivity index (χ0v) is 20.4. The number of carbonyl (C=O) groups excluding carboxylic acids is 2. The molecule has 0 atom stereocenters. The number of hydrogen-bond acceptors (Lipinski definition) is 6. The second-order valence-corrected chi connectivity index (χ2v) is 11.2. The van der Waals surface area contributed by atoms with E-state index in [1.807, 2.05) is 0 Å². The number of hydrogen-bond donors (Lipinski definition) is 2. The van der Waals surface area contributed by atoms with E-state index in [0.29, 0.717) is 30.8 Å². The highest BCUT2D eigenvalue weighted by atomic mass is 32.2. The second kappa shape index (κ2) is 9.96. The Kier molecular flexibility index (Phi) is 6.77. The third-order valence-corrected chi connectivity index (χ3v) is 8.88. The first-order chi connectivity index (χ1) is 16.9. The Morgan fingerprint density at radius 3 is 2.66 bits per heavy atom. The normalized spacial score (nSPS) is 19.3. The molecule has 2 aromatic rings. The van der Waals surface area contributed by atoms with Crippen molar-refractivity contribution in [3.63, 3.8) is 0 Å². The van der Waals surface area contributed by atoms with Gasteiger partial charge in [-0.05, 0) is 48.6 Å². The van der Waals surface area contributed by atoms with Crippen LogP contribution in [0.4, 0.5) is 5.69 Å². The summed E-state index contributed by atoms with van der Waals surface area (Å²) in [5.74, 6) is -0.0653. The van der Waals surface area contributed by atoms with Crippen molar-refractivity contribution in [2.75, 3.05) is 44.6 Å². The molecule has 2 aromatic carbocycles. The Morgan fingerprint density at radius 2 is 1.86 bits per heavy atom. The van der Waals surface area contributed by atoms with Gasteiger partial charge in [0.1, 0.15) is 5.75 Å². The predicted octanol–water partition coefficient (Wildman–Crippen LogP) is 1.59. The van der Waals surface area contributed by atoms with Crippen molar-refractivity contribution < 1.29 is 22.7 Å². The van der Waals surface area contributed by atoms with Crippen molar-refractivity contribution >= 4 is 27.5 Å². The number of amides is 2. The number of sulfonamides is 1. The lowest BCUT2D eigenvalue weighted by molar-refractivity contribution is -0.126. The van der Waals surface area contributed by atoms with Gasteiger partial charge < -0.3 is 15.4 Å². The lowest BCUT2D eigenvalue weighted by atomic mass is 9.97. The molecule has 2 N–H and O–H groups in total. The van der Waals surface area contributed by atoms with Crippen LogP contribution in [0.2, 0.25) is 0 Å². The van der Waals surface area contributed by atoms with E-state index in [9.17, 15) is 18.0 Å². The van der Waals surface area contributed by atoms with Gasteiger partial charge in [-0.1, -0.05) is 24.3 Å². The number of nitrogens with zero attached hydrogens (tertiary/aromatic N) is 2. The smallest absolute Gasteiger partial charge is 0.262 e. The maximum atomic E-state index is 13.1. The van der Waals surface area contributed by atoms with Gasteiger partial charge in [0.15, 0.2) is 6.61 Å². The summed E-state index contributed by atoms with van der Waals surface area (Å²) in [5.41, 5.74) is 3.12. The molecule has 2 amide bonds. The fraction of sp³-hybridized carbons (Fsp3) is 0.440. The maximum Gasteiger partial charge on any atom is 0.262 e. The highest BCUT2D eigenvalue weighted by Crippen LogP contribution is 2.32. The highest BCUT2D eigenvalue weighted by Gasteiger charge is 2.33. The van der Waals surface area contributed by atoms with E-state index in [4.69, 9.17) is 4.74 Å². The topological polar surface area (TPSA) is 108 Å². The number of piperidine rings is 1. The van der Waals surface area contributed by atoms with Crippen LogP contribution in [0, 0.1) is 5.92 Å². The minimum Gasteiger partial charge on any atom is -0.482 e. The molecule has 5 rings (SSSR count). The first-order valence-electron chi connectivity index (χ1n) is 12.0. The number of carbonyl (C=O) groups is 2. The molecule has 1 saturated heterocycles. The zero-order valence-electron chi connectivity index (χ0n) is 19.5. The van der Waals surface area contributed by atoms with Crippen LogP contribution in [-0.4, -0.2) is 68.8 Å². The van der Waals surface area contributed by atoms with Gasteiger partial charge >= 0.3 is 0 Å². The summed E-state index contributed by atoms with van der Waals surface area (Å²) in [5, 5.41) is 5.69. The van der Waals surface area contributed by atoms with Crippen LogP contribution < -0.4 is 15.4 Å². The number of benzene rings is 2. The lowest BCUT2D eigenvalue weighted by Gasteiger charge is -2.31. The van der Waals surface area contributed by atoms with Crippen LogP contribution in [0.5, 0.6) is 5.75 Å². The van der Waals surface area contributed by atoms with E-state index >= 15 is 0 Å². The monoisotopic (exact) mass is 498 g/mol. The van der Waals surface area contributed by atoms with E-state index in [1.54, 1.807) is 6.07 Å². The molecular weight excluding hydrogens is 468 g/mol. The number of anilines is 1. The molecule has 0 spiro atoms. The molecule has 3 aliphatic heterocycles. The molecule has 0 bridgehead atoms. The Hall–Kier alpha value is -2.95. The Balaban J connectivity index is 1.10. The van der Waals surface area contributed by atoms with Crippen molar-refractivity contribution in [1.82, 2.24) is 14.5 Å². The maximum absolute atomic E-state index is 13.1. The first kappa shape index (κ1) is 23.8. The van der Waals surface area contributed by atoms with E-state index in [1.165, 1.54) is 27.6 Å². The van der Waals surface area contributed by atoms with E-state index in [2.05, 4.69) is 39.8 Å². The van der Waals surface area contributed by atoms with Gasteiger partial charge in [0.25, 0.3) is 5.91 Å². The van der Waals surface area contributed by atoms with Gasteiger partial charge in [-0.25, -0.2) is 8.42 Å². The third kappa shape index (κ3) is 5.19. The molecule has 3 heterocycles. The van der Waals surface area contributed by atoms with Gasteiger partial charge in [-0.3, -0.25) is 14.5 Å². The Morgan fingerprint density at radius 1 is 1.09 bits per heavy atom. The van der Waals surface area contributed by atoms with E-state index in [-0.39, 0.29) is 42.3 Å². The van der Waals surface area contributed by atoms with Crippen molar-refractivity contribution in [3.05, 3.63) is 53.6 Å². The van der Waals surface area contributed by atoms with Crippen molar-refractivity contribution in [2.45, 2.75) is 30.7 Å². The van der Waals surface area contributed by atoms with Crippen molar-refractivity contribution in [1.29, 1.82) is 0 Å². The molecule has 3 aliphatic rings. The summed E-state index contributed by atoms with van der Waals surface area (Å²) in [6.07, 6.45) is 1.99. The zero-order chi connectivity index (χ0) is 24.4. The molecule has 35 heavy (non-hydrogen) atoms. The van der Waals surface area contributed by atoms with Crippen LogP contribution in [0.25, 0.3) is 0 Å². The number of fused-ring (bicyclic) bond motifs is 2. The van der Waals surface area contributed by atoms with Crippen LogP contribution >= 0.6 is 0 Å². The third-order valence-electron chi connectivity index (χ3n) is 6.98. The van der Waals surface area contributed by atoms with E-state index < -0.39 is 10.0 Å². The van der Waals surface area contributed by atoms with Gasteiger partial charge in [0.2, 0.25) is 15.9 Å². The molecule has 9 nitrogen and oxygen atoms in total. The van der Waals surface area contributed by atoms with E-state index in [0.717, 1.165) is 26.1 Å². The summed E-state index contributed by atoms with van der Waals surface area (Å²) in [6.45, 7) is 3.75. The summed E-state index contributed by atoms with van der Waals surface area (Å²) < 4.78 is 33.0. The van der Waals surface area contributed by atoms with Gasteiger partial charge in [-0.2, -0.15) is 4.31 Å². The molecule has 0 unspecified atom stereocenters. The largest absolute Gasteiger partial charge is 0.482 e. The highest BCUT2D eigenvalue weighted by molar-refractivity contribution is 7.89.